The highest BCUT2D eigenvalue weighted by molar-refractivity contribution is 9.10. The monoisotopic (exact) mass is 337 g/mol. The van der Waals surface area contributed by atoms with Gasteiger partial charge in [0.15, 0.2) is 0 Å². The number of rotatable bonds is 3. The van der Waals surface area contributed by atoms with Gasteiger partial charge < -0.3 is 10.5 Å². The first-order valence-electron chi connectivity index (χ1n) is 6.38. The van der Waals surface area contributed by atoms with Crippen LogP contribution in [0.3, 0.4) is 0 Å². The lowest BCUT2D eigenvalue weighted by atomic mass is 10.0. The molecule has 2 rings (SSSR count). The third kappa shape index (κ3) is 3.19. The molecule has 0 saturated carbocycles. The molecule has 2 aromatic rings. The average molecular weight is 338 g/mol. The van der Waals surface area contributed by atoms with Crippen molar-refractivity contribution in [1.29, 1.82) is 0 Å². The van der Waals surface area contributed by atoms with Gasteiger partial charge in [0.2, 0.25) is 0 Å². The van der Waals surface area contributed by atoms with Crippen LogP contribution in [0.1, 0.15) is 29.7 Å². The van der Waals surface area contributed by atoms with Crippen molar-refractivity contribution in [3.63, 3.8) is 0 Å². The van der Waals surface area contributed by atoms with Crippen molar-refractivity contribution in [2.45, 2.75) is 26.8 Å². The molecule has 106 valence electrons. The van der Waals surface area contributed by atoms with Crippen LogP contribution >= 0.6 is 15.9 Å². The Hall–Kier alpha value is -1.39. The predicted molar refractivity (Wildman–Crippen MR) is 82.7 cm³/mol. The standard InChI is InChI=1S/C16H17BrFNO/c1-9-4-5-12(17)7-15(9)20-16-6-10(2)14(18)8-13(16)11(3)19/h4-8,11H,19H2,1-3H3/t11-/m0/s1. The van der Waals surface area contributed by atoms with Crippen LogP contribution in [0.25, 0.3) is 0 Å². The molecule has 0 saturated heterocycles. The number of benzene rings is 2. The number of ether oxygens (including phenoxy) is 1. The largest absolute Gasteiger partial charge is 0.457 e. The summed E-state index contributed by atoms with van der Waals surface area (Å²) in [5.74, 6) is 1.06. The van der Waals surface area contributed by atoms with Gasteiger partial charge in [-0.2, -0.15) is 0 Å². The quantitative estimate of drug-likeness (QED) is 0.853. The first-order chi connectivity index (χ1) is 9.38. The van der Waals surface area contributed by atoms with Gasteiger partial charge in [0.05, 0.1) is 0 Å². The predicted octanol–water partition coefficient (Wildman–Crippen LogP) is 5.02. The maximum Gasteiger partial charge on any atom is 0.132 e. The summed E-state index contributed by atoms with van der Waals surface area (Å²) >= 11 is 3.42. The molecule has 0 heterocycles. The number of halogens is 2. The zero-order chi connectivity index (χ0) is 14.9. The lowest BCUT2D eigenvalue weighted by Crippen LogP contribution is -2.08. The van der Waals surface area contributed by atoms with Crippen LogP contribution in [0.2, 0.25) is 0 Å². The first kappa shape index (κ1) is 15.0. The van der Waals surface area contributed by atoms with Gasteiger partial charge in [0.1, 0.15) is 17.3 Å². The van der Waals surface area contributed by atoms with Crippen LogP contribution in [-0.2, 0) is 0 Å². The zero-order valence-electron chi connectivity index (χ0n) is 11.7. The maximum atomic E-state index is 13.7. The average Bonchev–Trinajstić information content (AvgIpc) is 2.37. The molecule has 0 spiro atoms. The molecule has 0 radical (unpaired) electrons. The summed E-state index contributed by atoms with van der Waals surface area (Å²) in [5.41, 5.74) is 8.10. The van der Waals surface area contributed by atoms with Gasteiger partial charge in [-0.25, -0.2) is 4.39 Å². The fraction of sp³-hybridized carbons (Fsp3) is 0.250. The van der Waals surface area contributed by atoms with Crippen molar-refractivity contribution in [1.82, 2.24) is 0 Å². The molecular weight excluding hydrogens is 321 g/mol. The van der Waals surface area contributed by atoms with Gasteiger partial charge in [-0.3, -0.25) is 0 Å². The highest BCUT2D eigenvalue weighted by atomic mass is 79.9. The second kappa shape index (κ2) is 5.94. The molecular formula is C16H17BrFNO. The molecule has 2 nitrogen and oxygen atoms in total. The zero-order valence-corrected chi connectivity index (χ0v) is 13.3. The van der Waals surface area contributed by atoms with Crippen LogP contribution in [0, 0.1) is 19.7 Å². The van der Waals surface area contributed by atoms with Crippen molar-refractivity contribution < 1.29 is 9.13 Å². The molecule has 0 aliphatic rings. The van der Waals surface area contributed by atoms with Crippen molar-refractivity contribution >= 4 is 15.9 Å². The summed E-state index contributed by atoms with van der Waals surface area (Å²) in [6.45, 7) is 5.48. The van der Waals surface area contributed by atoms with E-state index in [-0.39, 0.29) is 11.9 Å². The Bertz CT molecular complexity index is 641. The van der Waals surface area contributed by atoms with Gasteiger partial charge in [-0.15, -0.1) is 0 Å². The second-order valence-corrected chi connectivity index (χ2v) is 5.86. The van der Waals surface area contributed by atoms with E-state index in [1.807, 2.05) is 32.0 Å². The minimum Gasteiger partial charge on any atom is -0.457 e. The molecule has 0 aliphatic heterocycles. The Balaban J connectivity index is 2.47. The Kier molecular flexibility index (Phi) is 4.45. The molecule has 0 fully saturated rings. The minimum atomic E-state index is -0.299. The molecule has 1 atom stereocenters. The third-order valence-corrected chi connectivity index (χ3v) is 3.64. The summed E-state index contributed by atoms with van der Waals surface area (Å²) in [5, 5.41) is 0. The van der Waals surface area contributed by atoms with E-state index in [4.69, 9.17) is 10.5 Å². The van der Waals surface area contributed by atoms with Crippen LogP contribution in [0.4, 0.5) is 4.39 Å². The van der Waals surface area contributed by atoms with E-state index in [9.17, 15) is 4.39 Å². The Labute approximate surface area is 126 Å². The topological polar surface area (TPSA) is 35.2 Å². The summed E-state index contributed by atoms with van der Waals surface area (Å²) < 4.78 is 20.6. The number of aryl methyl sites for hydroxylation is 2. The molecule has 0 bridgehead atoms. The normalized spacial score (nSPS) is 12.3. The fourth-order valence-corrected chi connectivity index (χ4v) is 2.26. The Morgan fingerprint density at radius 2 is 1.80 bits per heavy atom. The highest BCUT2D eigenvalue weighted by Gasteiger charge is 2.14. The van der Waals surface area contributed by atoms with E-state index in [2.05, 4.69) is 15.9 Å². The van der Waals surface area contributed by atoms with Gasteiger partial charge in [0, 0.05) is 16.1 Å². The summed E-state index contributed by atoms with van der Waals surface area (Å²) in [7, 11) is 0. The van der Waals surface area contributed by atoms with E-state index in [0.29, 0.717) is 16.9 Å². The summed E-state index contributed by atoms with van der Waals surface area (Å²) in [6.07, 6.45) is 0. The van der Waals surface area contributed by atoms with Gasteiger partial charge in [0.25, 0.3) is 0 Å². The lowest BCUT2D eigenvalue weighted by Gasteiger charge is -2.16. The van der Waals surface area contributed by atoms with Gasteiger partial charge in [-0.05, 0) is 56.2 Å². The minimum absolute atomic E-state index is 0.268. The van der Waals surface area contributed by atoms with Crippen molar-refractivity contribution in [2.75, 3.05) is 0 Å². The molecule has 2 aromatic carbocycles. The molecule has 2 N–H and O–H groups in total. The molecule has 0 aliphatic carbocycles. The van der Waals surface area contributed by atoms with Crippen molar-refractivity contribution in [3.05, 3.63) is 57.3 Å². The van der Waals surface area contributed by atoms with Crippen molar-refractivity contribution in [2.24, 2.45) is 5.73 Å². The van der Waals surface area contributed by atoms with E-state index < -0.39 is 0 Å². The smallest absolute Gasteiger partial charge is 0.132 e. The number of nitrogens with two attached hydrogens (primary N) is 1. The third-order valence-electron chi connectivity index (χ3n) is 3.15. The summed E-state index contributed by atoms with van der Waals surface area (Å²) in [6, 6.07) is 8.63. The molecule has 0 aromatic heterocycles. The first-order valence-corrected chi connectivity index (χ1v) is 7.17. The highest BCUT2D eigenvalue weighted by Crippen LogP contribution is 2.33. The molecule has 0 unspecified atom stereocenters. The molecule has 4 heteroatoms. The summed E-state index contributed by atoms with van der Waals surface area (Å²) in [4.78, 5) is 0. The van der Waals surface area contributed by atoms with Crippen LogP contribution < -0.4 is 10.5 Å². The van der Waals surface area contributed by atoms with Crippen LogP contribution in [0.15, 0.2) is 34.8 Å². The van der Waals surface area contributed by atoms with Gasteiger partial charge >= 0.3 is 0 Å². The molecule has 0 amide bonds. The Morgan fingerprint density at radius 3 is 2.45 bits per heavy atom. The van der Waals surface area contributed by atoms with Crippen molar-refractivity contribution in [3.8, 4) is 11.5 Å². The SMILES string of the molecule is Cc1cc(Oc2cc(Br)ccc2C)c([C@H](C)N)cc1F. The van der Waals surface area contributed by atoms with E-state index in [1.165, 1.54) is 6.07 Å². The second-order valence-electron chi connectivity index (χ2n) is 4.94. The lowest BCUT2D eigenvalue weighted by molar-refractivity contribution is 0.464. The number of hydrogen-bond donors (Lipinski definition) is 1. The fourth-order valence-electron chi connectivity index (χ4n) is 1.92. The van der Waals surface area contributed by atoms with E-state index in [1.54, 1.807) is 13.0 Å². The Morgan fingerprint density at radius 1 is 1.10 bits per heavy atom. The van der Waals surface area contributed by atoms with Crippen LogP contribution in [-0.4, -0.2) is 0 Å². The van der Waals surface area contributed by atoms with Gasteiger partial charge in [-0.1, -0.05) is 22.0 Å². The van der Waals surface area contributed by atoms with E-state index in [0.717, 1.165) is 15.8 Å². The number of hydrogen-bond acceptors (Lipinski definition) is 2. The maximum absolute atomic E-state index is 13.7. The van der Waals surface area contributed by atoms with E-state index >= 15 is 0 Å². The van der Waals surface area contributed by atoms with Crippen LogP contribution in [0.5, 0.6) is 11.5 Å². The molecule has 20 heavy (non-hydrogen) atoms.